The summed E-state index contributed by atoms with van der Waals surface area (Å²) in [6.07, 6.45) is 2.09. The molecule has 1 heterocycles. The zero-order valence-corrected chi connectivity index (χ0v) is 15.3. The number of halogens is 2. The Hall–Kier alpha value is -0.780. The number of carbonyl (C=O) groups is 1. The Labute approximate surface area is 144 Å². The van der Waals surface area contributed by atoms with Crippen LogP contribution in [0.5, 0.6) is 5.75 Å². The maximum absolute atomic E-state index is 12.5. The van der Waals surface area contributed by atoms with E-state index in [1.807, 2.05) is 13.0 Å². The van der Waals surface area contributed by atoms with E-state index in [2.05, 4.69) is 21.2 Å². The van der Waals surface area contributed by atoms with Gasteiger partial charge in [0.15, 0.2) is 5.60 Å². The van der Waals surface area contributed by atoms with Crippen LogP contribution >= 0.6 is 27.5 Å². The normalized spacial score (nSPS) is 19.8. The number of rotatable bonds is 5. The first-order valence-corrected chi connectivity index (χ1v) is 8.53. The summed E-state index contributed by atoms with van der Waals surface area (Å²) in [5, 5.41) is 3.43. The van der Waals surface area contributed by atoms with Gasteiger partial charge in [0.2, 0.25) is 0 Å². The van der Waals surface area contributed by atoms with E-state index in [0.717, 1.165) is 23.9 Å². The molecule has 1 N–H and O–H groups in total. The van der Waals surface area contributed by atoms with E-state index in [1.54, 1.807) is 26.0 Å². The standard InChI is InChI=1S/C16H21BrClNO3/c1-10(13-5-4-8-21-13)19-15(20)16(2,3)22-14-7-6-11(17)9-12(14)18/h6-7,9-10,13H,4-5,8H2,1-3H3,(H,19,20)/t10-,13+/m1/s1. The summed E-state index contributed by atoms with van der Waals surface area (Å²) in [6.45, 7) is 6.17. The summed E-state index contributed by atoms with van der Waals surface area (Å²) >= 11 is 9.48. The lowest BCUT2D eigenvalue weighted by Crippen LogP contribution is -2.52. The number of ether oxygens (including phenoxy) is 2. The largest absolute Gasteiger partial charge is 0.476 e. The van der Waals surface area contributed by atoms with Crippen LogP contribution < -0.4 is 10.1 Å². The predicted molar refractivity (Wildman–Crippen MR) is 90.4 cm³/mol. The van der Waals surface area contributed by atoms with Crippen molar-refractivity contribution in [2.75, 3.05) is 6.61 Å². The van der Waals surface area contributed by atoms with Gasteiger partial charge in [0, 0.05) is 11.1 Å². The van der Waals surface area contributed by atoms with Gasteiger partial charge in [-0.1, -0.05) is 27.5 Å². The van der Waals surface area contributed by atoms with E-state index in [0.29, 0.717) is 10.8 Å². The molecule has 122 valence electrons. The number of benzene rings is 1. The third kappa shape index (κ3) is 4.37. The lowest BCUT2D eigenvalue weighted by Gasteiger charge is -2.29. The number of hydrogen-bond acceptors (Lipinski definition) is 3. The van der Waals surface area contributed by atoms with E-state index in [-0.39, 0.29) is 18.1 Å². The number of amides is 1. The third-order valence-electron chi connectivity index (χ3n) is 3.69. The molecule has 4 nitrogen and oxygen atoms in total. The Morgan fingerprint density at radius 1 is 1.55 bits per heavy atom. The molecule has 0 bridgehead atoms. The smallest absolute Gasteiger partial charge is 0.263 e. The van der Waals surface area contributed by atoms with E-state index in [4.69, 9.17) is 21.1 Å². The van der Waals surface area contributed by atoms with Crippen LogP contribution in [-0.4, -0.2) is 30.3 Å². The van der Waals surface area contributed by atoms with Crippen molar-refractivity contribution in [3.8, 4) is 5.75 Å². The molecule has 1 saturated heterocycles. The molecule has 0 unspecified atom stereocenters. The molecule has 6 heteroatoms. The summed E-state index contributed by atoms with van der Waals surface area (Å²) in [7, 11) is 0. The maximum Gasteiger partial charge on any atom is 0.263 e. The highest BCUT2D eigenvalue weighted by Crippen LogP contribution is 2.30. The second-order valence-corrected chi connectivity index (χ2v) is 7.32. The Kier molecular flexibility index (Phi) is 5.75. The molecular formula is C16H21BrClNO3. The topological polar surface area (TPSA) is 47.6 Å². The summed E-state index contributed by atoms with van der Waals surface area (Å²) < 4.78 is 12.3. The Morgan fingerprint density at radius 2 is 2.27 bits per heavy atom. The lowest BCUT2D eigenvalue weighted by molar-refractivity contribution is -0.135. The summed E-state index contributed by atoms with van der Waals surface area (Å²) in [6, 6.07) is 5.26. The van der Waals surface area contributed by atoms with Crippen LogP contribution in [0, 0.1) is 0 Å². The molecule has 0 spiro atoms. The van der Waals surface area contributed by atoms with Crippen molar-refractivity contribution in [1.82, 2.24) is 5.32 Å². The minimum Gasteiger partial charge on any atom is -0.476 e. The number of hydrogen-bond donors (Lipinski definition) is 1. The summed E-state index contributed by atoms with van der Waals surface area (Å²) in [5.41, 5.74) is -1.02. The Morgan fingerprint density at radius 3 is 2.86 bits per heavy atom. The average Bonchev–Trinajstić information content (AvgIpc) is 2.96. The molecule has 1 aromatic carbocycles. The molecule has 0 radical (unpaired) electrons. The minimum atomic E-state index is -1.02. The fourth-order valence-electron chi connectivity index (χ4n) is 2.35. The van der Waals surface area contributed by atoms with E-state index >= 15 is 0 Å². The second kappa shape index (κ2) is 7.20. The van der Waals surface area contributed by atoms with Crippen LogP contribution in [0.3, 0.4) is 0 Å². The maximum atomic E-state index is 12.5. The molecule has 0 aromatic heterocycles. The van der Waals surface area contributed by atoms with Crippen molar-refractivity contribution in [2.45, 2.75) is 51.4 Å². The lowest BCUT2D eigenvalue weighted by atomic mass is 10.1. The van der Waals surface area contributed by atoms with Crippen molar-refractivity contribution in [3.05, 3.63) is 27.7 Å². The zero-order valence-electron chi connectivity index (χ0n) is 13.0. The molecule has 1 aliphatic rings. The monoisotopic (exact) mass is 389 g/mol. The Balaban J connectivity index is 2.00. The first kappa shape index (κ1) is 17.6. The first-order chi connectivity index (χ1) is 10.3. The van der Waals surface area contributed by atoms with Gasteiger partial charge in [0.1, 0.15) is 5.75 Å². The fourth-order valence-corrected chi connectivity index (χ4v) is 3.06. The van der Waals surface area contributed by atoms with Crippen LogP contribution in [0.4, 0.5) is 0 Å². The molecule has 22 heavy (non-hydrogen) atoms. The molecule has 0 aliphatic carbocycles. The van der Waals surface area contributed by atoms with Crippen molar-refractivity contribution >= 4 is 33.4 Å². The van der Waals surface area contributed by atoms with Crippen molar-refractivity contribution in [2.24, 2.45) is 0 Å². The highest BCUT2D eigenvalue weighted by atomic mass is 79.9. The molecule has 1 fully saturated rings. The predicted octanol–water partition coefficient (Wildman–Crippen LogP) is 3.94. The Bertz CT molecular complexity index is 544. The first-order valence-electron chi connectivity index (χ1n) is 7.36. The number of nitrogens with one attached hydrogen (secondary N) is 1. The third-order valence-corrected chi connectivity index (χ3v) is 4.48. The van der Waals surface area contributed by atoms with Crippen LogP contribution in [0.15, 0.2) is 22.7 Å². The van der Waals surface area contributed by atoms with Crippen LogP contribution in [0.1, 0.15) is 33.6 Å². The molecule has 0 saturated carbocycles. The number of carbonyl (C=O) groups excluding carboxylic acids is 1. The minimum absolute atomic E-state index is 0.0433. The van der Waals surface area contributed by atoms with Gasteiger partial charge in [0.05, 0.1) is 17.2 Å². The van der Waals surface area contributed by atoms with E-state index < -0.39 is 5.60 Å². The van der Waals surface area contributed by atoms with Crippen LogP contribution in [0.2, 0.25) is 5.02 Å². The fraction of sp³-hybridized carbons (Fsp3) is 0.562. The molecule has 2 rings (SSSR count). The van der Waals surface area contributed by atoms with Crippen molar-refractivity contribution in [3.63, 3.8) is 0 Å². The highest BCUT2D eigenvalue weighted by Gasteiger charge is 2.33. The van der Waals surface area contributed by atoms with Gasteiger partial charge in [-0.2, -0.15) is 0 Å². The van der Waals surface area contributed by atoms with Gasteiger partial charge in [-0.25, -0.2) is 0 Å². The molecule has 1 aliphatic heterocycles. The zero-order chi connectivity index (χ0) is 16.3. The van der Waals surface area contributed by atoms with Crippen LogP contribution in [-0.2, 0) is 9.53 Å². The van der Waals surface area contributed by atoms with Crippen molar-refractivity contribution < 1.29 is 14.3 Å². The van der Waals surface area contributed by atoms with Gasteiger partial charge in [-0.3, -0.25) is 4.79 Å². The van der Waals surface area contributed by atoms with E-state index in [9.17, 15) is 4.79 Å². The van der Waals surface area contributed by atoms with Gasteiger partial charge < -0.3 is 14.8 Å². The molecule has 2 atom stereocenters. The quantitative estimate of drug-likeness (QED) is 0.828. The summed E-state index contributed by atoms with van der Waals surface area (Å²) in [5.74, 6) is 0.296. The van der Waals surface area contributed by atoms with Gasteiger partial charge in [0.25, 0.3) is 5.91 Å². The molecule has 1 amide bonds. The molecule has 1 aromatic rings. The second-order valence-electron chi connectivity index (χ2n) is 6.00. The van der Waals surface area contributed by atoms with Gasteiger partial charge >= 0.3 is 0 Å². The van der Waals surface area contributed by atoms with Crippen molar-refractivity contribution in [1.29, 1.82) is 0 Å². The highest BCUT2D eigenvalue weighted by molar-refractivity contribution is 9.10. The summed E-state index contributed by atoms with van der Waals surface area (Å²) in [4.78, 5) is 12.5. The molecular weight excluding hydrogens is 370 g/mol. The SMILES string of the molecule is C[C@@H](NC(=O)C(C)(C)Oc1ccc(Br)cc1Cl)[C@@H]1CCCO1. The van der Waals surface area contributed by atoms with E-state index in [1.165, 1.54) is 0 Å². The average molecular weight is 391 g/mol. The van der Waals surface area contributed by atoms with Gasteiger partial charge in [-0.15, -0.1) is 0 Å². The van der Waals surface area contributed by atoms with Gasteiger partial charge in [-0.05, 0) is 51.8 Å². The van der Waals surface area contributed by atoms with Crippen LogP contribution in [0.25, 0.3) is 0 Å².